The van der Waals surface area contributed by atoms with Crippen LogP contribution in [-0.4, -0.2) is 20.2 Å². The summed E-state index contributed by atoms with van der Waals surface area (Å²) in [6.07, 6.45) is 1.67. The fourth-order valence-electron chi connectivity index (χ4n) is 1.57. The Labute approximate surface area is 126 Å². The molecule has 0 spiro atoms. The number of aryl methyl sites for hydroxylation is 1. The minimum atomic E-state index is -1.21. The monoisotopic (exact) mass is 306 g/mol. The highest BCUT2D eigenvalue weighted by atomic mass is 32.2. The molecule has 1 aromatic heterocycles. The lowest BCUT2D eigenvalue weighted by Gasteiger charge is -2.12. The predicted molar refractivity (Wildman–Crippen MR) is 87.8 cm³/mol. The summed E-state index contributed by atoms with van der Waals surface area (Å²) in [5, 5.41) is 0. The molecular weight excluding hydrogens is 288 g/mol. The van der Waals surface area contributed by atoms with Gasteiger partial charge in [-0.25, -0.2) is 9.19 Å². The van der Waals surface area contributed by atoms with Gasteiger partial charge in [-0.1, -0.05) is 24.3 Å². The van der Waals surface area contributed by atoms with Crippen molar-refractivity contribution in [2.75, 3.05) is 0 Å². The normalized spacial score (nSPS) is 13.8. The molecule has 0 aliphatic rings. The molecule has 3 nitrogen and oxygen atoms in total. The van der Waals surface area contributed by atoms with Gasteiger partial charge in [0.25, 0.3) is 0 Å². The van der Waals surface area contributed by atoms with E-state index in [1.165, 1.54) is 4.88 Å². The maximum atomic E-state index is 11.8. The van der Waals surface area contributed by atoms with Crippen LogP contribution in [0.15, 0.2) is 34.2 Å². The predicted octanol–water partition coefficient (Wildman–Crippen LogP) is 4.00. The molecule has 0 bridgehead atoms. The van der Waals surface area contributed by atoms with Crippen LogP contribution in [0.4, 0.5) is 0 Å². The summed E-state index contributed by atoms with van der Waals surface area (Å²) >= 11 is 1.64. The van der Waals surface area contributed by atoms with Crippen molar-refractivity contribution in [1.29, 1.82) is 0 Å². The minimum absolute atomic E-state index is 0.323. The SMILES string of the molecule is Cc1ncsc1-c1ccc(/C=N/S(=O)C(C)(C)C)cc1. The molecular formula is C15H18N2OS2. The summed E-state index contributed by atoms with van der Waals surface area (Å²) in [6, 6.07) is 8.06. The van der Waals surface area contributed by atoms with E-state index in [1.807, 2.05) is 57.5 Å². The van der Waals surface area contributed by atoms with E-state index in [0.29, 0.717) is 0 Å². The molecule has 0 aliphatic heterocycles. The Morgan fingerprint density at radius 2 is 1.90 bits per heavy atom. The molecule has 0 saturated carbocycles. The van der Waals surface area contributed by atoms with Crippen molar-refractivity contribution in [3.05, 3.63) is 41.0 Å². The zero-order valence-corrected chi connectivity index (χ0v) is 13.7. The minimum Gasteiger partial charge on any atom is -0.249 e. The molecule has 1 atom stereocenters. The highest BCUT2D eigenvalue weighted by Crippen LogP contribution is 2.26. The summed E-state index contributed by atoms with van der Waals surface area (Å²) < 4.78 is 15.6. The topological polar surface area (TPSA) is 42.3 Å². The van der Waals surface area contributed by atoms with Crippen LogP contribution in [0.3, 0.4) is 0 Å². The second-order valence-electron chi connectivity index (χ2n) is 5.48. The molecule has 0 fully saturated rings. The molecule has 0 aliphatic carbocycles. The zero-order chi connectivity index (χ0) is 14.8. The van der Waals surface area contributed by atoms with Crippen molar-refractivity contribution in [1.82, 2.24) is 4.98 Å². The van der Waals surface area contributed by atoms with Gasteiger partial charge in [-0.05, 0) is 38.8 Å². The highest BCUT2D eigenvalue weighted by molar-refractivity contribution is 7.85. The summed E-state index contributed by atoms with van der Waals surface area (Å²) in [6.45, 7) is 7.75. The first-order valence-corrected chi connectivity index (χ1v) is 8.33. The molecule has 1 unspecified atom stereocenters. The number of nitrogens with zero attached hydrogens (tertiary/aromatic N) is 2. The van der Waals surface area contributed by atoms with Crippen LogP contribution in [0, 0.1) is 6.92 Å². The van der Waals surface area contributed by atoms with Gasteiger partial charge in [0.2, 0.25) is 0 Å². The van der Waals surface area contributed by atoms with Crippen LogP contribution in [-0.2, 0) is 11.0 Å². The van der Waals surface area contributed by atoms with Gasteiger partial charge in [-0.2, -0.15) is 4.40 Å². The van der Waals surface area contributed by atoms with E-state index in [1.54, 1.807) is 17.6 Å². The molecule has 2 rings (SSSR count). The molecule has 20 heavy (non-hydrogen) atoms. The zero-order valence-electron chi connectivity index (χ0n) is 12.1. The first-order chi connectivity index (χ1) is 9.38. The van der Waals surface area contributed by atoms with E-state index >= 15 is 0 Å². The third-order valence-corrected chi connectivity index (χ3v) is 5.06. The van der Waals surface area contributed by atoms with Gasteiger partial charge in [0.15, 0.2) is 0 Å². The van der Waals surface area contributed by atoms with Gasteiger partial charge < -0.3 is 0 Å². The Bertz CT molecular complexity index is 637. The van der Waals surface area contributed by atoms with E-state index in [0.717, 1.165) is 16.8 Å². The smallest absolute Gasteiger partial charge is 0.144 e. The van der Waals surface area contributed by atoms with Gasteiger partial charge >= 0.3 is 0 Å². The van der Waals surface area contributed by atoms with Crippen molar-refractivity contribution in [2.24, 2.45) is 4.40 Å². The molecule has 0 amide bonds. The van der Waals surface area contributed by atoms with Crippen molar-refractivity contribution < 1.29 is 4.21 Å². The summed E-state index contributed by atoms with van der Waals surface area (Å²) in [4.78, 5) is 5.44. The average molecular weight is 306 g/mol. The first kappa shape index (κ1) is 15.1. The molecule has 106 valence electrons. The highest BCUT2D eigenvalue weighted by Gasteiger charge is 2.18. The van der Waals surface area contributed by atoms with Gasteiger partial charge in [-0.15, -0.1) is 11.3 Å². The Hall–Kier alpha value is -1.33. The van der Waals surface area contributed by atoms with Crippen molar-refractivity contribution in [3.8, 4) is 10.4 Å². The van der Waals surface area contributed by atoms with Crippen LogP contribution in [0.25, 0.3) is 10.4 Å². The first-order valence-electron chi connectivity index (χ1n) is 6.34. The summed E-state index contributed by atoms with van der Waals surface area (Å²) in [7, 11) is -1.21. The maximum absolute atomic E-state index is 11.8. The Morgan fingerprint density at radius 1 is 1.25 bits per heavy atom. The van der Waals surface area contributed by atoms with E-state index in [9.17, 15) is 4.21 Å². The fourth-order valence-corrected chi connectivity index (χ4v) is 2.91. The Kier molecular flexibility index (Phi) is 4.50. The van der Waals surface area contributed by atoms with E-state index in [4.69, 9.17) is 0 Å². The molecule has 0 saturated heterocycles. The molecule has 2 aromatic rings. The van der Waals surface area contributed by atoms with Crippen molar-refractivity contribution >= 4 is 28.5 Å². The quantitative estimate of drug-likeness (QED) is 0.804. The third kappa shape index (κ3) is 3.61. The molecule has 0 N–H and O–H groups in total. The molecule has 1 heterocycles. The Morgan fingerprint density at radius 3 is 2.40 bits per heavy atom. The van der Waals surface area contributed by atoms with E-state index in [2.05, 4.69) is 9.38 Å². The van der Waals surface area contributed by atoms with Crippen molar-refractivity contribution in [2.45, 2.75) is 32.4 Å². The molecule has 1 aromatic carbocycles. The number of aromatic nitrogens is 1. The van der Waals surface area contributed by atoms with Gasteiger partial charge in [0.05, 0.1) is 20.8 Å². The van der Waals surface area contributed by atoms with Gasteiger partial charge in [0, 0.05) is 6.21 Å². The largest absolute Gasteiger partial charge is 0.249 e. The fraction of sp³-hybridized carbons (Fsp3) is 0.333. The third-order valence-electron chi connectivity index (χ3n) is 2.74. The number of hydrogen-bond acceptors (Lipinski definition) is 3. The second-order valence-corrected chi connectivity index (χ2v) is 8.27. The standard InChI is InChI=1S/C15H18N2OS2/c1-11-14(19-10-16-11)13-7-5-12(6-8-13)9-17-20(18)15(2,3)4/h5-10H,1-4H3/b17-9+. The number of thiazole rings is 1. The lowest BCUT2D eigenvalue weighted by molar-refractivity contribution is 0.651. The summed E-state index contributed by atoms with van der Waals surface area (Å²) in [5.41, 5.74) is 5.00. The lowest BCUT2D eigenvalue weighted by Crippen LogP contribution is -2.19. The number of hydrogen-bond donors (Lipinski definition) is 0. The van der Waals surface area contributed by atoms with Crippen LogP contribution in [0.2, 0.25) is 0 Å². The number of benzene rings is 1. The van der Waals surface area contributed by atoms with E-state index < -0.39 is 11.0 Å². The summed E-state index contributed by atoms with van der Waals surface area (Å²) in [5.74, 6) is 0. The molecule has 5 heteroatoms. The van der Waals surface area contributed by atoms with Crippen LogP contribution >= 0.6 is 11.3 Å². The molecule has 0 radical (unpaired) electrons. The van der Waals surface area contributed by atoms with Gasteiger partial charge in [0.1, 0.15) is 11.0 Å². The van der Waals surface area contributed by atoms with Gasteiger partial charge in [-0.3, -0.25) is 0 Å². The van der Waals surface area contributed by atoms with Crippen molar-refractivity contribution in [3.63, 3.8) is 0 Å². The Balaban J connectivity index is 2.16. The second kappa shape index (κ2) is 5.97. The van der Waals surface area contributed by atoms with E-state index in [-0.39, 0.29) is 4.75 Å². The van der Waals surface area contributed by atoms with Crippen LogP contribution < -0.4 is 0 Å². The van der Waals surface area contributed by atoms with Crippen LogP contribution in [0.1, 0.15) is 32.0 Å². The van der Waals surface area contributed by atoms with Crippen LogP contribution in [0.5, 0.6) is 0 Å². The maximum Gasteiger partial charge on any atom is 0.144 e. The average Bonchev–Trinajstić information content (AvgIpc) is 2.82. The lowest BCUT2D eigenvalue weighted by atomic mass is 10.1. The number of rotatable bonds is 3.